The summed E-state index contributed by atoms with van der Waals surface area (Å²) < 4.78 is 0. The topological polar surface area (TPSA) is 69.6 Å². The number of carbonyl (C=O) groups excluding carboxylic acids is 1. The molecule has 0 aliphatic carbocycles. The van der Waals surface area contributed by atoms with Crippen LogP contribution >= 0.6 is 0 Å². The molecule has 1 rings (SSSR count). The summed E-state index contributed by atoms with van der Waals surface area (Å²) in [6.07, 6.45) is 1.02. The molecule has 0 spiro atoms. The maximum Gasteiger partial charge on any atom is 0.335 e. The molecular formula is C15H22N2O3. The van der Waals surface area contributed by atoms with E-state index in [2.05, 4.69) is 19.2 Å². The fraction of sp³-hybridized carbons (Fsp3) is 0.467. The normalized spacial score (nSPS) is 11.8. The van der Waals surface area contributed by atoms with Crippen molar-refractivity contribution in [2.45, 2.75) is 27.2 Å². The molecule has 1 aromatic rings. The van der Waals surface area contributed by atoms with Crippen molar-refractivity contribution in [3.05, 3.63) is 29.3 Å². The lowest BCUT2D eigenvalue weighted by molar-refractivity contribution is 0.0697. The van der Waals surface area contributed by atoms with E-state index >= 15 is 0 Å². The standard InChI is InChI=1S/C15H22N2O3/c1-5-10(2)9-17(4)15(20)16-13-7-6-12(14(18)19)8-11(13)3/h6-8,10H,5,9H2,1-4H3,(H,16,20)(H,18,19). The second-order valence-corrected chi connectivity index (χ2v) is 5.16. The first-order valence-electron chi connectivity index (χ1n) is 6.71. The van der Waals surface area contributed by atoms with Gasteiger partial charge in [0, 0.05) is 19.3 Å². The fourth-order valence-electron chi connectivity index (χ4n) is 1.83. The van der Waals surface area contributed by atoms with Gasteiger partial charge in [-0.1, -0.05) is 20.3 Å². The largest absolute Gasteiger partial charge is 0.478 e. The Morgan fingerprint density at radius 2 is 2.05 bits per heavy atom. The summed E-state index contributed by atoms with van der Waals surface area (Å²) in [6, 6.07) is 4.47. The molecule has 0 saturated carbocycles. The van der Waals surface area contributed by atoms with E-state index in [-0.39, 0.29) is 11.6 Å². The zero-order chi connectivity index (χ0) is 15.3. The van der Waals surface area contributed by atoms with Gasteiger partial charge < -0.3 is 15.3 Å². The van der Waals surface area contributed by atoms with Crippen LogP contribution in [-0.2, 0) is 0 Å². The van der Waals surface area contributed by atoms with Gasteiger partial charge in [0.2, 0.25) is 0 Å². The van der Waals surface area contributed by atoms with E-state index in [0.717, 1.165) is 12.0 Å². The average Bonchev–Trinajstić information content (AvgIpc) is 2.40. The van der Waals surface area contributed by atoms with Crippen molar-refractivity contribution in [1.82, 2.24) is 4.90 Å². The van der Waals surface area contributed by atoms with E-state index in [9.17, 15) is 9.59 Å². The summed E-state index contributed by atoms with van der Waals surface area (Å²) in [6.45, 7) is 6.65. The Balaban J connectivity index is 2.73. The van der Waals surface area contributed by atoms with Crippen molar-refractivity contribution >= 4 is 17.7 Å². The first-order valence-corrected chi connectivity index (χ1v) is 6.71. The predicted octanol–water partition coefficient (Wildman–Crippen LogP) is 3.20. The van der Waals surface area contributed by atoms with Crippen LogP contribution in [0, 0.1) is 12.8 Å². The van der Waals surface area contributed by atoms with Gasteiger partial charge in [0.15, 0.2) is 0 Å². The first kappa shape index (κ1) is 16.0. The van der Waals surface area contributed by atoms with Gasteiger partial charge in [-0.25, -0.2) is 9.59 Å². The average molecular weight is 278 g/mol. The molecule has 1 unspecified atom stereocenters. The number of carboxylic acids is 1. The van der Waals surface area contributed by atoms with E-state index in [4.69, 9.17) is 5.11 Å². The summed E-state index contributed by atoms with van der Waals surface area (Å²) in [5.74, 6) is -0.527. The monoisotopic (exact) mass is 278 g/mol. The molecule has 1 atom stereocenters. The van der Waals surface area contributed by atoms with E-state index in [1.54, 1.807) is 31.0 Å². The van der Waals surface area contributed by atoms with Crippen molar-refractivity contribution in [2.75, 3.05) is 18.9 Å². The molecule has 0 radical (unpaired) electrons. The van der Waals surface area contributed by atoms with Gasteiger partial charge in [0.25, 0.3) is 0 Å². The van der Waals surface area contributed by atoms with Gasteiger partial charge in [-0.2, -0.15) is 0 Å². The molecule has 1 aromatic carbocycles. The van der Waals surface area contributed by atoms with Crippen LogP contribution in [-0.4, -0.2) is 35.6 Å². The molecule has 110 valence electrons. The number of aryl methyl sites for hydroxylation is 1. The molecule has 0 heterocycles. The van der Waals surface area contributed by atoms with Crippen molar-refractivity contribution < 1.29 is 14.7 Å². The van der Waals surface area contributed by atoms with Crippen LogP contribution in [0.25, 0.3) is 0 Å². The predicted molar refractivity (Wildman–Crippen MR) is 79.2 cm³/mol. The van der Waals surface area contributed by atoms with Crippen LogP contribution in [0.15, 0.2) is 18.2 Å². The lowest BCUT2D eigenvalue weighted by atomic mass is 10.1. The van der Waals surface area contributed by atoms with Gasteiger partial charge in [0.1, 0.15) is 0 Å². The number of benzene rings is 1. The number of aromatic carboxylic acids is 1. The van der Waals surface area contributed by atoms with Crippen LogP contribution in [0.2, 0.25) is 0 Å². The van der Waals surface area contributed by atoms with Crippen molar-refractivity contribution in [3.8, 4) is 0 Å². The number of urea groups is 1. The number of rotatable bonds is 5. The molecule has 2 amide bonds. The molecule has 0 fully saturated rings. The maximum atomic E-state index is 12.0. The van der Waals surface area contributed by atoms with Crippen molar-refractivity contribution in [3.63, 3.8) is 0 Å². The molecule has 20 heavy (non-hydrogen) atoms. The molecule has 5 nitrogen and oxygen atoms in total. The minimum Gasteiger partial charge on any atom is -0.478 e. The van der Waals surface area contributed by atoms with Gasteiger partial charge in [-0.3, -0.25) is 0 Å². The number of amides is 2. The number of anilines is 1. The molecule has 0 bridgehead atoms. The second-order valence-electron chi connectivity index (χ2n) is 5.16. The van der Waals surface area contributed by atoms with Gasteiger partial charge in [-0.05, 0) is 36.6 Å². The Bertz CT molecular complexity index is 500. The van der Waals surface area contributed by atoms with Gasteiger partial charge in [-0.15, -0.1) is 0 Å². The highest BCUT2D eigenvalue weighted by Crippen LogP contribution is 2.17. The number of carboxylic acid groups (broad SMARTS) is 1. The Morgan fingerprint density at radius 3 is 2.55 bits per heavy atom. The van der Waals surface area contributed by atoms with Crippen LogP contribution in [0.3, 0.4) is 0 Å². The molecule has 0 aliphatic heterocycles. The highest BCUT2D eigenvalue weighted by molar-refractivity contribution is 5.92. The summed E-state index contributed by atoms with van der Waals surface area (Å²) in [7, 11) is 1.75. The third-order valence-corrected chi connectivity index (χ3v) is 3.34. The Morgan fingerprint density at radius 1 is 1.40 bits per heavy atom. The first-order chi connectivity index (χ1) is 9.35. The summed E-state index contributed by atoms with van der Waals surface area (Å²) in [5, 5.41) is 11.7. The highest BCUT2D eigenvalue weighted by Gasteiger charge is 2.13. The molecule has 0 saturated heterocycles. The number of hydrogen-bond acceptors (Lipinski definition) is 2. The number of hydrogen-bond donors (Lipinski definition) is 2. The zero-order valence-corrected chi connectivity index (χ0v) is 12.4. The van der Waals surface area contributed by atoms with Gasteiger partial charge in [0.05, 0.1) is 5.56 Å². The SMILES string of the molecule is CCC(C)CN(C)C(=O)Nc1ccc(C(=O)O)cc1C. The number of nitrogens with one attached hydrogen (secondary N) is 1. The third-order valence-electron chi connectivity index (χ3n) is 3.34. The number of nitrogens with zero attached hydrogens (tertiary/aromatic N) is 1. The van der Waals surface area contributed by atoms with Crippen LogP contribution in [0.5, 0.6) is 0 Å². The quantitative estimate of drug-likeness (QED) is 0.869. The van der Waals surface area contributed by atoms with E-state index in [1.165, 1.54) is 6.07 Å². The van der Waals surface area contributed by atoms with Crippen LogP contribution < -0.4 is 5.32 Å². The van der Waals surface area contributed by atoms with E-state index in [1.807, 2.05) is 0 Å². The van der Waals surface area contributed by atoms with Crippen molar-refractivity contribution in [1.29, 1.82) is 0 Å². The number of carbonyl (C=O) groups is 2. The molecule has 0 aromatic heterocycles. The Labute approximate surface area is 119 Å². The summed E-state index contributed by atoms with van der Waals surface area (Å²) in [4.78, 5) is 24.5. The zero-order valence-electron chi connectivity index (χ0n) is 12.4. The van der Waals surface area contributed by atoms with Crippen LogP contribution in [0.1, 0.15) is 36.2 Å². The smallest absolute Gasteiger partial charge is 0.335 e. The molecule has 0 aliphatic rings. The summed E-state index contributed by atoms with van der Waals surface area (Å²) in [5.41, 5.74) is 1.58. The Kier molecular flexibility index (Phi) is 5.55. The fourth-order valence-corrected chi connectivity index (χ4v) is 1.83. The maximum absolute atomic E-state index is 12.0. The van der Waals surface area contributed by atoms with E-state index < -0.39 is 5.97 Å². The van der Waals surface area contributed by atoms with E-state index in [0.29, 0.717) is 18.2 Å². The molecular weight excluding hydrogens is 256 g/mol. The lowest BCUT2D eigenvalue weighted by Gasteiger charge is -2.21. The van der Waals surface area contributed by atoms with Gasteiger partial charge >= 0.3 is 12.0 Å². The second kappa shape index (κ2) is 6.93. The lowest BCUT2D eigenvalue weighted by Crippen LogP contribution is -2.34. The van der Waals surface area contributed by atoms with Crippen molar-refractivity contribution in [2.24, 2.45) is 5.92 Å². The molecule has 2 N–H and O–H groups in total. The highest BCUT2D eigenvalue weighted by atomic mass is 16.4. The molecule has 5 heteroatoms. The van der Waals surface area contributed by atoms with Crippen LogP contribution in [0.4, 0.5) is 10.5 Å². The minimum atomic E-state index is -0.972. The third kappa shape index (κ3) is 4.26. The Hall–Kier alpha value is -2.04. The summed E-state index contributed by atoms with van der Waals surface area (Å²) >= 11 is 0. The minimum absolute atomic E-state index is 0.184.